The largest absolute Gasteiger partial charge is 0.493 e. The molecule has 0 unspecified atom stereocenters. The van der Waals surface area contributed by atoms with Crippen molar-refractivity contribution in [1.29, 1.82) is 0 Å². The van der Waals surface area contributed by atoms with E-state index in [1.807, 2.05) is 27.7 Å². The number of sulfonamides is 1. The number of amides is 1. The van der Waals surface area contributed by atoms with Gasteiger partial charge in [0.2, 0.25) is 0 Å². The molecule has 0 radical (unpaired) electrons. The van der Waals surface area contributed by atoms with Crippen molar-refractivity contribution < 1.29 is 22.7 Å². The quantitative estimate of drug-likeness (QED) is 0.775. The molecule has 2 aromatic rings. The minimum atomic E-state index is -3.90. The average molecular weight is 421 g/mol. The van der Waals surface area contributed by atoms with Crippen LogP contribution in [0.2, 0.25) is 0 Å². The highest BCUT2D eigenvalue weighted by atomic mass is 32.2. The van der Waals surface area contributed by atoms with Gasteiger partial charge in [0.25, 0.3) is 15.9 Å². The van der Waals surface area contributed by atoms with Gasteiger partial charge in [0.15, 0.2) is 11.5 Å². The van der Waals surface area contributed by atoms with Gasteiger partial charge in [-0.1, -0.05) is 17.7 Å². The van der Waals surface area contributed by atoms with Gasteiger partial charge in [-0.2, -0.15) is 0 Å². The fourth-order valence-corrected chi connectivity index (χ4v) is 3.92. The summed E-state index contributed by atoms with van der Waals surface area (Å²) in [6.07, 6.45) is 0. The predicted octanol–water partition coefficient (Wildman–Crippen LogP) is 3.37. The van der Waals surface area contributed by atoms with E-state index in [0.717, 1.165) is 9.87 Å². The molecule has 2 aromatic carbocycles. The Hall–Kier alpha value is -2.74. The first kappa shape index (κ1) is 22.5. The lowest BCUT2D eigenvalue weighted by Crippen LogP contribution is -2.41. The molecule has 29 heavy (non-hydrogen) atoms. The van der Waals surface area contributed by atoms with E-state index < -0.39 is 21.5 Å². The van der Waals surface area contributed by atoms with E-state index >= 15 is 0 Å². The van der Waals surface area contributed by atoms with Gasteiger partial charge in [0.1, 0.15) is 0 Å². The Balaban J connectivity index is 2.64. The van der Waals surface area contributed by atoms with Crippen LogP contribution in [-0.4, -0.2) is 41.1 Å². The van der Waals surface area contributed by atoms with Gasteiger partial charge in [0.05, 0.1) is 30.4 Å². The third-order valence-electron chi connectivity index (χ3n) is 4.25. The molecule has 0 fully saturated rings. The highest BCUT2D eigenvalue weighted by molar-refractivity contribution is 7.92. The van der Waals surface area contributed by atoms with Crippen LogP contribution in [0.4, 0.5) is 5.69 Å². The second kappa shape index (κ2) is 8.32. The summed E-state index contributed by atoms with van der Waals surface area (Å²) in [6.45, 7) is 7.41. The lowest BCUT2D eigenvalue weighted by atomic mass is 10.1. The Kier molecular flexibility index (Phi) is 6.47. The molecule has 2 rings (SSSR count). The average Bonchev–Trinajstić information content (AvgIpc) is 2.65. The maximum atomic E-state index is 13.2. The van der Waals surface area contributed by atoms with Gasteiger partial charge in [-0.3, -0.25) is 9.10 Å². The van der Waals surface area contributed by atoms with Gasteiger partial charge in [-0.15, -0.1) is 0 Å². The molecule has 8 heteroatoms. The lowest BCUT2D eigenvalue weighted by molar-refractivity contribution is 0.0920. The van der Waals surface area contributed by atoms with Crippen molar-refractivity contribution in [3.05, 3.63) is 47.5 Å². The van der Waals surface area contributed by atoms with E-state index in [9.17, 15) is 13.2 Å². The van der Waals surface area contributed by atoms with Gasteiger partial charge in [-0.25, -0.2) is 8.42 Å². The zero-order valence-electron chi connectivity index (χ0n) is 17.9. The van der Waals surface area contributed by atoms with Crippen LogP contribution in [0.3, 0.4) is 0 Å². The van der Waals surface area contributed by atoms with Gasteiger partial charge < -0.3 is 14.8 Å². The molecule has 0 aromatic heterocycles. The molecule has 0 aliphatic heterocycles. The predicted molar refractivity (Wildman–Crippen MR) is 114 cm³/mol. The summed E-state index contributed by atoms with van der Waals surface area (Å²) in [6, 6.07) is 9.50. The topological polar surface area (TPSA) is 84.9 Å². The normalized spacial score (nSPS) is 11.7. The van der Waals surface area contributed by atoms with E-state index in [-0.39, 0.29) is 16.1 Å². The number of hydrogen-bond acceptors (Lipinski definition) is 5. The van der Waals surface area contributed by atoms with Crippen LogP contribution in [0, 0.1) is 6.92 Å². The van der Waals surface area contributed by atoms with Crippen LogP contribution < -0.4 is 19.1 Å². The number of hydrogen-bond donors (Lipinski definition) is 1. The molecular formula is C21H28N2O5S. The Bertz CT molecular complexity index is 993. The van der Waals surface area contributed by atoms with Crippen molar-refractivity contribution in [3.8, 4) is 11.5 Å². The Morgan fingerprint density at radius 1 is 1.00 bits per heavy atom. The minimum absolute atomic E-state index is 0.127. The van der Waals surface area contributed by atoms with E-state index in [2.05, 4.69) is 5.32 Å². The second-order valence-corrected chi connectivity index (χ2v) is 9.68. The molecule has 0 bridgehead atoms. The zero-order chi connectivity index (χ0) is 22.0. The number of benzene rings is 2. The van der Waals surface area contributed by atoms with Gasteiger partial charge >= 0.3 is 0 Å². The zero-order valence-corrected chi connectivity index (χ0v) is 18.7. The molecular weight excluding hydrogens is 392 g/mol. The maximum Gasteiger partial charge on any atom is 0.264 e. The number of rotatable bonds is 6. The van der Waals surface area contributed by atoms with Crippen LogP contribution in [0.25, 0.3) is 0 Å². The summed E-state index contributed by atoms with van der Waals surface area (Å²) in [5.41, 5.74) is 0.791. The Labute approximate surface area is 172 Å². The first-order chi connectivity index (χ1) is 13.4. The first-order valence-electron chi connectivity index (χ1n) is 9.05. The first-order valence-corrected chi connectivity index (χ1v) is 10.5. The maximum absolute atomic E-state index is 13.2. The fourth-order valence-electron chi connectivity index (χ4n) is 2.72. The number of anilines is 1. The molecule has 1 amide bonds. The number of aryl methyl sites for hydroxylation is 1. The number of carbonyl (C=O) groups excluding carboxylic acids is 1. The van der Waals surface area contributed by atoms with Gasteiger partial charge in [0, 0.05) is 18.7 Å². The molecule has 0 saturated heterocycles. The molecule has 158 valence electrons. The Morgan fingerprint density at radius 2 is 1.52 bits per heavy atom. The van der Waals surface area contributed by atoms with Crippen LogP contribution >= 0.6 is 0 Å². The fraction of sp³-hybridized carbons (Fsp3) is 0.381. The molecule has 0 spiro atoms. The smallest absolute Gasteiger partial charge is 0.264 e. The van der Waals surface area contributed by atoms with Crippen molar-refractivity contribution in [2.45, 2.75) is 38.1 Å². The standard InChI is InChI=1S/C21H28N2O5S/c1-14-8-10-15(11-9-14)29(25,26)23(5)17-13-19(28-7)18(27-6)12-16(17)20(24)22-21(2,3)4/h8-13H,1-7H3,(H,22,24). The number of nitrogens with one attached hydrogen (secondary N) is 1. The minimum Gasteiger partial charge on any atom is -0.493 e. The summed E-state index contributed by atoms with van der Waals surface area (Å²) in [5, 5.41) is 2.86. The van der Waals surface area contributed by atoms with E-state index in [1.165, 1.54) is 45.5 Å². The number of ether oxygens (including phenoxy) is 2. The molecule has 0 saturated carbocycles. The molecule has 0 atom stereocenters. The summed E-state index contributed by atoms with van der Waals surface area (Å²) in [5.74, 6) is 0.233. The monoisotopic (exact) mass is 420 g/mol. The van der Waals surface area contributed by atoms with E-state index in [1.54, 1.807) is 12.1 Å². The molecule has 0 aliphatic carbocycles. The van der Waals surface area contributed by atoms with Gasteiger partial charge in [-0.05, 0) is 45.9 Å². The third kappa shape index (κ3) is 5.00. The SMILES string of the molecule is COc1cc(C(=O)NC(C)(C)C)c(N(C)S(=O)(=O)c2ccc(C)cc2)cc1OC. The summed E-state index contributed by atoms with van der Waals surface area (Å²) in [4.78, 5) is 13.1. The van der Waals surface area contributed by atoms with Crippen molar-refractivity contribution in [2.24, 2.45) is 0 Å². The number of carbonyl (C=O) groups is 1. The molecule has 1 N–H and O–H groups in total. The number of nitrogens with zero attached hydrogens (tertiary/aromatic N) is 1. The summed E-state index contributed by atoms with van der Waals surface area (Å²) >= 11 is 0. The Morgan fingerprint density at radius 3 is 2.00 bits per heavy atom. The molecule has 7 nitrogen and oxygen atoms in total. The second-order valence-electron chi connectivity index (χ2n) is 7.71. The number of methoxy groups -OCH3 is 2. The molecule has 0 heterocycles. The van der Waals surface area contributed by atoms with E-state index in [4.69, 9.17) is 9.47 Å². The lowest BCUT2D eigenvalue weighted by Gasteiger charge is -2.26. The van der Waals surface area contributed by atoms with Crippen LogP contribution in [0.5, 0.6) is 11.5 Å². The third-order valence-corrected chi connectivity index (χ3v) is 6.04. The summed E-state index contributed by atoms with van der Waals surface area (Å²) < 4.78 is 38.1. The highest BCUT2D eigenvalue weighted by Crippen LogP contribution is 2.37. The van der Waals surface area contributed by atoms with Crippen LogP contribution in [0.1, 0.15) is 36.7 Å². The molecule has 0 aliphatic rings. The van der Waals surface area contributed by atoms with Crippen LogP contribution in [-0.2, 0) is 10.0 Å². The van der Waals surface area contributed by atoms with Crippen molar-refractivity contribution in [2.75, 3.05) is 25.6 Å². The van der Waals surface area contributed by atoms with Crippen molar-refractivity contribution >= 4 is 21.6 Å². The van der Waals surface area contributed by atoms with Crippen LogP contribution in [0.15, 0.2) is 41.3 Å². The van der Waals surface area contributed by atoms with E-state index in [0.29, 0.717) is 11.5 Å². The summed E-state index contributed by atoms with van der Waals surface area (Å²) in [7, 11) is 0.414. The highest BCUT2D eigenvalue weighted by Gasteiger charge is 2.28. The van der Waals surface area contributed by atoms with Crippen molar-refractivity contribution in [3.63, 3.8) is 0 Å². The van der Waals surface area contributed by atoms with Crippen molar-refractivity contribution in [1.82, 2.24) is 5.32 Å².